The van der Waals surface area contributed by atoms with E-state index in [2.05, 4.69) is 32.9 Å². The smallest absolute Gasteiger partial charge is 0.306 e. The minimum absolute atomic E-state index is 0.0677. The summed E-state index contributed by atoms with van der Waals surface area (Å²) in [6, 6.07) is 0. The van der Waals surface area contributed by atoms with Crippen molar-refractivity contribution in [3.8, 4) is 0 Å². The lowest BCUT2D eigenvalue weighted by molar-refractivity contribution is -0.167. The van der Waals surface area contributed by atoms with E-state index in [0.717, 1.165) is 77.0 Å². The summed E-state index contributed by atoms with van der Waals surface area (Å²) < 4.78 is 16.8. The number of esters is 3. The summed E-state index contributed by atoms with van der Waals surface area (Å²) in [5.41, 5.74) is 0. The summed E-state index contributed by atoms with van der Waals surface area (Å²) >= 11 is 0. The maximum absolute atomic E-state index is 12.8. The molecule has 1 atom stereocenters. The van der Waals surface area contributed by atoms with Crippen LogP contribution >= 0.6 is 0 Å². The lowest BCUT2D eigenvalue weighted by atomic mass is 10.0. The first-order chi connectivity index (χ1) is 31.0. The standard InChI is InChI=1S/C57H108O6/c1-4-7-10-13-16-19-22-24-26-28-29-30-32-33-35-38-41-44-47-50-56(59)62-53-54(52-61-55(58)49-46-43-40-37-21-18-15-12-9-6-3)63-57(60)51-48-45-42-39-36-34-31-27-25-23-20-17-14-11-8-5-2/h15,18,54H,4-14,16-17,19-53H2,1-3H3/b18-15-. The van der Waals surface area contributed by atoms with Gasteiger partial charge in [-0.05, 0) is 38.5 Å². The van der Waals surface area contributed by atoms with Gasteiger partial charge in [0.2, 0.25) is 0 Å². The van der Waals surface area contributed by atoms with Crippen LogP contribution in [-0.4, -0.2) is 37.2 Å². The third-order valence-corrected chi connectivity index (χ3v) is 12.8. The van der Waals surface area contributed by atoms with Crippen LogP contribution in [0.3, 0.4) is 0 Å². The molecule has 0 N–H and O–H groups in total. The first kappa shape index (κ1) is 61.1. The van der Waals surface area contributed by atoms with Crippen LogP contribution in [0.15, 0.2) is 12.2 Å². The van der Waals surface area contributed by atoms with Crippen LogP contribution in [0.5, 0.6) is 0 Å². The van der Waals surface area contributed by atoms with Crippen LogP contribution < -0.4 is 0 Å². The zero-order valence-electron chi connectivity index (χ0n) is 42.6. The molecule has 0 aromatic carbocycles. The first-order valence-corrected chi connectivity index (χ1v) is 28.2. The average molecular weight is 889 g/mol. The molecule has 0 spiro atoms. The Kier molecular flexibility index (Phi) is 51.2. The molecule has 0 fully saturated rings. The van der Waals surface area contributed by atoms with Gasteiger partial charge in [0.25, 0.3) is 0 Å². The van der Waals surface area contributed by atoms with Crippen LogP contribution in [0.1, 0.15) is 316 Å². The van der Waals surface area contributed by atoms with Crippen molar-refractivity contribution in [3.05, 3.63) is 12.2 Å². The summed E-state index contributed by atoms with van der Waals surface area (Å²) in [4.78, 5) is 38.0. The summed E-state index contributed by atoms with van der Waals surface area (Å²) in [6.45, 7) is 6.64. The molecule has 0 aromatic heterocycles. The Morgan fingerprint density at radius 3 is 0.841 bits per heavy atom. The second-order valence-electron chi connectivity index (χ2n) is 19.2. The van der Waals surface area contributed by atoms with Gasteiger partial charge in [-0.2, -0.15) is 0 Å². The maximum atomic E-state index is 12.8. The summed E-state index contributed by atoms with van der Waals surface area (Å²) in [5.74, 6) is -0.860. The fourth-order valence-electron chi connectivity index (χ4n) is 8.49. The minimum Gasteiger partial charge on any atom is -0.462 e. The Balaban J connectivity index is 4.24. The molecule has 0 heterocycles. The molecule has 0 aromatic rings. The highest BCUT2D eigenvalue weighted by atomic mass is 16.6. The molecule has 0 bridgehead atoms. The second kappa shape index (κ2) is 52.8. The van der Waals surface area contributed by atoms with E-state index in [9.17, 15) is 14.4 Å². The molecule has 0 aliphatic carbocycles. The largest absolute Gasteiger partial charge is 0.462 e. The molecule has 0 amide bonds. The molecule has 0 radical (unpaired) electrons. The van der Waals surface area contributed by atoms with Crippen LogP contribution in [0.2, 0.25) is 0 Å². The highest BCUT2D eigenvalue weighted by molar-refractivity contribution is 5.71. The third kappa shape index (κ3) is 51.0. The monoisotopic (exact) mass is 889 g/mol. The highest BCUT2D eigenvalue weighted by Gasteiger charge is 2.19. The lowest BCUT2D eigenvalue weighted by Crippen LogP contribution is -2.30. The number of rotatable bonds is 52. The number of carbonyl (C=O) groups excluding carboxylic acids is 3. The van der Waals surface area contributed by atoms with Crippen molar-refractivity contribution in [2.75, 3.05) is 13.2 Å². The number of allylic oxidation sites excluding steroid dienone is 2. The SMILES string of the molecule is CCCC/C=C\CCCCCCC(=O)OCC(COC(=O)CCCCCCCCCCCCCCCCCCCCC)OC(=O)CCCCCCCCCCCCCCCCCC. The van der Waals surface area contributed by atoms with Gasteiger partial charge in [0.15, 0.2) is 6.10 Å². The fraction of sp³-hybridized carbons (Fsp3) is 0.912. The molecule has 0 saturated heterocycles. The van der Waals surface area contributed by atoms with Crippen molar-refractivity contribution >= 4 is 17.9 Å². The third-order valence-electron chi connectivity index (χ3n) is 12.8. The number of ether oxygens (including phenoxy) is 3. The van der Waals surface area contributed by atoms with E-state index in [0.29, 0.717) is 19.3 Å². The number of hydrogen-bond donors (Lipinski definition) is 0. The molecule has 1 unspecified atom stereocenters. The number of hydrogen-bond acceptors (Lipinski definition) is 6. The van der Waals surface area contributed by atoms with E-state index >= 15 is 0 Å². The van der Waals surface area contributed by atoms with E-state index in [1.54, 1.807) is 0 Å². The normalized spacial score (nSPS) is 12.0. The molecule has 0 rings (SSSR count). The van der Waals surface area contributed by atoms with Crippen molar-refractivity contribution < 1.29 is 28.6 Å². The molecule has 0 aliphatic rings. The predicted octanol–water partition coefficient (Wildman–Crippen LogP) is 18.5. The zero-order valence-corrected chi connectivity index (χ0v) is 42.6. The number of unbranched alkanes of at least 4 members (excludes halogenated alkanes) is 39. The Morgan fingerprint density at radius 1 is 0.302 bits per heavy atom. The quantitative estimate of drug-likeness (QED) is 0.0262. The Labute approximate surface area is 392 Å². The van der Waals surface area contributed by atoms with Crippen LogP contribution in [0, 0.1) is 0 Å². The van der Waals surface area contributed by atoms with E-state index in [-0.39, 0.29) is 31.1 Å². The van der Waals surface area contributed by atoms with Crippen LogP contribution in [0.4, 0.5) is 0 Å². The molecule has 0 aliphatic heterocycles. The molecular weight excluding hydrogens is 781 g/mol. The molecular formula is C57H108O6. The Morgan fingerprint density at radius 2 is 0.540 bits per heavy atom. The van der Waals surface area contributed by atoms with Gasteiger partial charge < -0.3 is 14.2 Å². The first-order valence-electron chi connectivity index (χ1n) is 28.2. The Bertz CT molecular complexity index is 978. The van der Waals surface area contributed by atoms with Gasteiger partial charge in [-0.3, -0.25) is 14.4 Å². The molecule has 372 valence electrons. The van der Waals surface area contributed by atoms with Crippen molar-refractivity contribution in [2.45, 2.75) is 322 Å². The average Bonchev–Trinajstić information content (AvgIpc) is 3.28. The van der Waals surface area contributed by atoms with Crippen molar-refractivity contribution in [2.24, 2.45) is 0 Å². The lowest BCUT2D eigenvalue weighted by Gasteiger charge is -2.18. The van der Waals surface area contributed by atoms with Gasteiger partial charge in [0.05, 0.1) is 0 Å². The van der Waals surface area contributed by atoms with Gasteiger partial charge in [0.1, 0.15) is 13.2 Å². The summed E-state index contributed by atoms with van der Waals surface area (Å²) in [7, 11) is 0. The van der Waals surface area contributed by atoms with Gasteiger partial charge in [-0.1, -0.05) is 270 Å². The van der Waals surface area contributed by atoms with Crippen molar-refractivity contribution in [3.63, 3.8) is 0 Å². The second-order valence-corrected chi connectivity index (χ2v) is 19.2. The van der Waals surface area contributed by atoms with E-state index in [1.165, 1.54) is 199 Å². The van der Waals surface area contributed by atoms with Gasteiger partial charge in [-0.15, -0.1) is 0 Å². The molecule has 6 nitrogen and oxygen atoms in total. The Hall–Kier alpha value is -1.85. The molecule has 0 saturated carbocycles. The van der Waals surface area contributed by atoms with Crippen molar-refractivity contribution in [1.82, 2.24) is 0 Å². The van der Waals surface area contributed by atoms with Crippen LogP contribution in [0.25, 0.3) is 0 Å². The van der Waals surface area contributed by atoms with Crippen molar-refractivity contribution in [1.29, 1.82) is 0 Å². The van der Waals surface area contributed by atoms with Gasteiger partial charge in [0, 0.05) is 19.3 Å². The fourth-order valence-corrected chi connectivity index (χ4v) is 8.49. The topological polar surface area (TPSA) is 78.9 Å². The van der Waals surface area contributed by atoms with Crippen LogP contribution in [-0.2, 0) is 28.6 Å². The predicted molar refractivity (Wildman–Crippen MR) is 270 cm³/mol. The van der Waals surface area contributed by atoms with E-state index in [1.807, 2.05) is 0 Å². The zero-order chi connectivity index (χ0) is 45.8. The molecule has 63 heavy (non-hydrogen) atoms. The summed E-state index contributed by atoms with van der Waals surface area (Å²) in [6.07, 6.45) is 59.2. The summed E-state index contributed by atoms with van der Waals surface area (Å²) in [5, 5.41) is 0. The number of carbonyl (C=O) groups is 3. The van der Waals surface area contributed by atoms with E-state index in [4.69, 9.17) is 14.2 Å². The minimum atomic E-state index is -0.768. The van der Waals surface area contributed by atoms with E-state index < -0.39 is 6.10 Å². The van der Waals surface area contributed by atoms with Gasteiger partial charge in [-0.25, -0.2) is 0 Å². The molecule has 6 heteroatoms. The maximum Gasteiger partial charge on any atom is 0.306 e. The van der Waals surface area contributed by atoms with Gasteiger partial charge >= 0.3 is 17.9 Å². The highest BCUT2D eigenvalue weighted by Crippen LogP contribution is 2.17.